The Labute approximate surface area is 94.8 Å². The molecule has 0 saturated carbocycles. The molecule has 0 atom stereocenters. The van der Waals surface area contributed by atoms with Gasteiger partial charge in [0.25, 0.3) is 0 Å². The molecule has 0 saturated heterocycles. The zero-order valence-electron chi connectivity index (χ0n) is 9.19. The Morgan fingerprint density at radius 1 is 1.33 bits per heavy atom. The first-order valence-electron chi connectivity index (χ1n) is 4.95. The molecule has 4 nitrogen and oxygen atoms in total. The molecule has 84 valence electrons. The summed E-state index contributed by atoms with van der Waals surface area (Å²) in [5.74, 6) is 2.56. The van der Waals surface area contributed by atoms with Crippen molar-refractivity contribution in [2.75, 3.05) is 31.0 Å². The predicted octanol–water partition coefficient (Wildman–Crippen LogP) is 2.04. The minimum absolute atomic E-state index is 0.667. The lowest BCUT2D eigenvalue weighted by atomic mass is 10.3. The van der Waals surface area contributed by atoms with Gasteiger partial charge in [0.05, 0.1) is 19.5 Å². The van der Waals surface area contributed by atoms with Crippen LogP contribution in [-0.4, -0.2) is 35.6 Å². The number of ether oxygens (including phenoxy) is 1. The summed E-state index contributed by atoms with van der Waals surface area (Å²) in [6, 6.07) is 0. The molecule has 15 heavy (non-hydrogen) atoms. The SMILES string of the molecule is COc1cnc(NCCCCSC)nc1. The van der Waals surface area contributed by atoms with Crippen LogP contribution in [0.5, 0.6) is 5.75 Å². The molecule has 0 aliphatic carbocycles. The van der Waals surface area contributed by atoms with Crippen LogP contribution in [0.25, 0.3) is 0 Å². The lowest BCUT2D eigenvalue weighted by molar-refractivity contribution is 0.411. The van der Waals surface area contributed by atoms with Crippen LogP contribution >= 0.6 is 11.8 Å². The second kappa shape index (κ2) is 7.34. The third-order valence-electron chi connectivity index (χ3n) is 1.92. The molecule has 0 amide bonds. The number of unbranched alkanes of at least 4 members (excludes halogenated alkanes) is 1. The highest BCUT2D eigenvalue weighted by atomic mass is 32.2. The van der Waals surface area contributed by atoms with E-state index in [2.05, 4.69) is 21.5 Å². The summed E-state index contributed by atoms with van der Waals surface area (Å²) in [5, 5.41) is 3.17. The van der Waals surface area contributed by atoms with Crippen molar-refractivity contribution >= 4 is 17.7 Å². The third kappa shape index (κ3) is 4.88. The van der Waals surface area contributed by atoms with Gasteiger partial charge in [-0.25, -0.2) is 9.97 Å². The summed E-state index contributed by atoms with van der Waals surface area (Å²) in [6.07, 6.45) is 7.83. The van der Waals surface area contributed by atoms with Gasteiger partial charge < -0.3 is 10.1 Å². The molecule has 0 aromatic carbocycles. The number of anilines is 1. The van der Waals surface area contributed by atoms with Gasteiger partial charge in [-0.3, -0.25) is 0 Å². The number of rotatable bonds is 7. The monoisotopic (exact) mass is 227 g/mol. The van der Waals surface area contributed by atoms with Gasteiger partial charge in [0, 0.05) is 6.54 Å². The normalized spacial score (nSPS) is 10.0. The van der Waals surface area contributed by atoms with Gasteiger partial charge >= 0.3 is 0 Å². The molecule has 0 unspecified atom stereocenters. The molecule has 0 bridgehead atoms. The zero-order chi connectivity index (χ0) is 10.9. The van der Waals surface area contributed by atoms with E-state index in [0.717, 1.165) is 13.0 Å². The van der Waals surface area contributed by atoms with Gasteiger partial charge in [-0.15, -0.1) is 0 Å². The fourth-order valence-electron chi connectivity index (χ4n) is 1.08. The van der Waals surface area contributed by atoms with Gasteiger partial charge in [-0.1, -0.05) is 0 Å². The van der Waals surface area contributed by atoms with Crippen molar-refractivity contribution < 1.29 is 4.74 Å². The van der Waals surface area contributed by atoms with Gasteiger partial charge in [0.1, 0.15) is 0 Å². The molecule has 0 spiro atoms. The van der Waals surface area contributed by atoms with Crippen LogP contribution in [0.1, 0.15) is 12.8 Å². The van der Waals surface area contributed by atoms with E-state index in [-0.39, 0.29) is 0 Å². The van der Waals surface area contributed by atoms with Crippen LogP contribution in [0.4, 0.5) is 5.95 Å². The minimum Gasteiger partial charge on any atom is -0.494 e. The molecule has 1 aromatic heterocycles. The van der Waals surface area contributed by atoms with E-state index in [1.54, 1.807) is 19.5 Å². The van der Waals surface area contributed by atoms with Crippen molar-refractivity contribution in [2.45, 2.75) is 12.8 Å². The van der Waals surface area contributed by atoms with E-state index < -0.39 is 0 Å². The summed E-state index contributed by atoms with van der Waals surface area (Å²) in [4.78, 5) is 8.23. The van der Waals surface area contributed by atoms with E-state index in [9.17, 15) is 0 Å². The molecule has 1 heterocycles. The van der Waals surface area contributed by atoms with Crippen molar-refractivity contribution in [2.24, 2.45) is 0 Å². The van der Waals surface area contributed by atoms with Crippen molar-refractivity contribution in [3.8, 4) is 5.75 Å². The largest absolute Gasteiger partial charge is 0.494 e. The Hall–Kier alpha value is -0.970. The standard InChI is InChI=1S/C10H17N3OS/c1-14-9-7-12-10(13-8-9)11-5-3-4-6-15-2/h7-8H,3-6H2,1-2H3,(H,11,12,13). The van der Waals surface area contributed by atoms with Gasteiger partial charge in [-0.05, 0) is 24.9 Å². The molecule has 0 fully saturated rings. The molecule has 0 aliphatic rings. The number of hydrogen-bond donors (Lipinski definition) is 1. The topological polar surface area (TPSA) is 47.0 Å². The van der Waals surface area contributed by atoms with Crippen LogP contribution in [0.2, 0.25) is 0 Å². The van der Waals surface area contributed by atoms with Crippen LogP contribution in [0.3, 0.4) is 0 Å². The van der Waals surface area contributed by atoms with Crippen molar-refractivity contribution in [3.05, 3.63) is 12.4 Å². The average molecular weight is 227 g/mol. The highest BCUT2D eigenvalue weighted by molar-refractivity contribution is 7.98. The quantitative estimate of drug-likeness (QED) is 0.722. The molecular weight excluding hydrogens is 210 g/mol. The fourth-order valence-corrected chi connectivity index (χ4v) is 1.58. The second-order valence-electron chi connectivity index (χ2n) is 3.07. The van der Waals surface area contributed by atoms with E-state index in [4.69, 9.17) is 4.74 Å². The van der Waals surface area contributed by atoms with E-state index in [0.29, 0.717) is 11.7 Å². The molecule has 5 heteroatoms. The molecule has 0 radical (unpaired) electrons. The third-order valence-corrected chi connectivity index (χ3v) is 2.62. The second-order valence-corrected chi connectivity index (χ2v) is 4.06. The summed E-state index contributed by atoms with van der Waals surface area (Å²) in [6.45, 7) is 0.924. The molecule has 1 N–H and O–H groups in total. The smallest absolute Gasteiger partial charge is 0.222 e. The van der Waals surface area contributed by atoms with Crippen molar-refractivity contribution in [1.82, 2.24) is 9.97 Å². The molecule has 0 aliphatic heterocycles. The number of methoxy groups -OCH3 is 1. The van der Waals surface area contributed by atoms with Gasteiger partial charge in [-0.2, -0.15) is 11.8 Å². The van der Waals surface area contributed by atoms with Crippen LogP contribution in [0.15, 0.2) is 12.4 Å². The lowest BCUT2D eigenvalue weighted by Gasteiger charge is -2.04. The van der Waals surface area contributed by atoms with E-state index in [1.165, 1.54) is 12.2 Å². The maximum atomic E-state index is 4.97. The Morgan fingerprint density at radius 3 is 2.67 bits per heavy atom. The van der Waals surface area contributed by atoms with Crippen LogP contribution < -0.4 is 10.1 Å². The molecular formula is C10H17N3OS. The number of thioether (sulfide) groups is 1. The highest BCUT2D eigenvalue weighted by Gasteiger charge is 1.95. The van der Waals surface area contributed by atoms with Gasteiger partial charge in [0.15, 0.2) is 5.75 Å². The first-order chi connectivity index (χ1) is 7.36. The Morgan fingerprint density at radius 2 is 2.07 bits per heavy atom. The van der Waals surface area contributed by atoms with Crippen molar-refractivity contribution in [3.63, 3.8) is 0 Å². The fraction of sp³-hybridized carbons (Fsp3) is 0.600. The number of aromatic nitrogens is 2. The Balaban J connectivity index is 2.20. The maximum absolute atomic E-state index is 4.97. The molecule has 1 rings (SSSR count). The number of nitrogens with one attached hydrogen (secondary N) is 1. The Kier molecular flexibility index (Phi) is 5.92. The first kappa shape index (κ1) is 12.1. The predicted molar refractivity (Wildman–Crippen MR) is 64.7 cm³/mol. The Bertz CT molecular complexity index is 266. The molecule has 1 aromatic rings. The average Bonchev–Trinajstić information content (AvgIpc) is 2.30. The van der Waals surface area contributed by atoms with Crippen molar-refractivity contribution in [1.29, 1.82) is 0 Å². The number of nitrogens with zero attached hydrogens (tertiary/aromatic N) is 2. The number of hydrogen-bond acceptors (Lipinski definition) is 5. The summed E-state index contributed by atoms with van der Waals surface area (Å²) in [7, 11) is 1.61. The summed E-state index contributed by atoms with van der Waals surface area (Å²) in [5.41, 5.74) is 0. The summed E-state index contributed by atoms with van der Waals surface area (Å²) >= 11 is 1.88. The van der Waals surface area contributed by atoms with E-state index >= 15 is 0 Å². The van der Waals surface area contributed by atoms with Crippen LogP contribution in [0, 0.1) is 0 Å². The van der Waals surface area contributed by atoms with Crippen LogP contribution in [-0.2, 0) is 0 Å². The van der Waals surface area contributed by atoms with E-state index in [1.807, 2.05) is 11.8 Å². The lowest BCUT2D eigenvalue weighted by Crippen LogP contribution is -2.05. The highest BCUT2D eigenvalue weighted by Crippen LogP contribution is 2.07. The maximum Gasteiger partial charge on any atom is 0.222 e. The minimum atomic E-state index is 0.667. The first-order valence-corrected chi connectivity index (χ1v) is 6.35. The zero-order valence-corrected chi connectivity index (χ0v) is 10.0. The van der Waals surface area contributed by atoms with Gasteiger partial charge in [0.2, 0.25) is 5.95 Å². The summed E-state index contributed by atoms with van der Waals surface area (Å²) < 4.78 is 4.97.